The molecule has 0 aromatic rings. The fourth-order valence-electron chi connectivity index (χ4n) is 0.939. The Hall–Kier alpha value is -1.11. The molecule has 84 valence electrons. The Labute approximate surface area is 90.8 Å². The van der Waals surface area contributed by atoms with Crippen molar-refractivity contribution in [3.05, 3.63) is 0 Å². The third-order valence-corrected chi connectivity index (χ3v) is 4.13. The van der Waals surface area contributed by atoms with Crippen LogP contribution in [-0.2, 0) is 10.0 Å². The predicted octanol–water partition coefficient (Wildman–Crippen LogP) is 0.900. The van der Waals surface area contributed by atoms with Gasteiger partial charge in [0.1, 0.15) is 5.54 Å². The normalized spacial score (nSPS) is 17.1. The molecule has 0 aliphatic rings. The molecule has 5 nitrogen and oxygen atoms in total. The van der Waals surface area contributed by atoms with Crippen LogP contribution in [0.2, 0.25) is 0 Å². The van der Waals surface area contributed by atoms with Crippen molar-refractivity contribution in [2.75, 3.05) is 0 Å². The van der Waals surface area contributed by atoms with E-state index in [9.17, 15) is 8.42 Å². The van der Waals surface area contributed by atoms with Crippen LogP contribution in [0.3, 0.4) is 0 Å². The van der Waals surface area contributed by atoms with E-state index in [1.54, 1.807) is 19.9 Å². The number of nitrogens with one attached hydrogen (secondary N) is 1. The summed E-state index contributed by atoms with van der Waals surface area (Å²) in [6.45, 7) is 4.82. The van der Waals surface area contributed by atoms with Crippen molar-refractivity contribution in [3.8, 4) is 12.1 Å². The first-order chi connectivity index (χ1) is 6.85. The van der Waals surface area contributed by atoms with Crippen molar-refractivity contribution in [2.24, 2.45) is 0 Å². The third-order valence-electron chi connectivity index (χ3n) is 2.21. The Morgan fingerprint density at radius 2 is 1.93 bits per heavy atom. The lowest BCUT2D eigenvalue weighted by Crippen LogP contribution is -2.47. The molecule has 0 heterocycles. The zero-order valence-corrected chi connectivity index (χ0v) is 9.93. The molecular weight excluding hydrogens is 214 g/mol. The van der Waals surface area contributed by atoms with Crippen LogP contribution in [0.4, 0.5) is 0 Å². The second-order valence-corrected chi connectivity index (χ2v) is 5.33. The van der Waals surface area contributed by atoms with Gasteiger partial charge in [0, 0.05) is 0 Å². The maximum absolute atomic E-state index is 11.6. The minimum Gasteiger partial charge on any atom is -0.211 e. The molecule has 1 N–H and O–H groups in total. The van der Waals surface area contributed by atoms with E-state index in [-0.39, 0.29) is 6.42 Å². The Kier molecular flexibility index (Phi) is 4.73. The molecule has 15 heavy (non-hydrogen) atoms. The highest BCUT2D eigenvalue weighted by Gasteiger charge is 2.32. The van der Waals surface area contributed by atoms with Crippen LogP contribution in [0, 0.1) is 22.7 Å². The summed E-state index contributed by atoms with van der Waals surface area (Å²) < 4.78 is 25.5. The number of nitrogens with zero attached hydrogens (tertiary/aromatic N) is 2. The van der Waals surface area contributed by atoms with Crippen LogP contribution in [0.5, 0.6) is 0 Å². The Morgan fingerprint density at radius 1 is 1.40 bits per heavy atom. The highest BCUT2D eigenvalue weighted by molar-refractivity contribution is 7.90. The van der Waals surface area contributed by atoms with Crippen molar-refractivity contribution in [3.63, 3.8) is 0 Å². The van der Waals surface area contributed by atoms with Crippen molar-refractivity contribution in [1.29, 1.82) is 10.5 Å². The minimum atomic E-state index is -3.74. The highest BCUT2D eigenvalue weighted by Crippen LogP contribution is 2.12. The fourth-order valence-corrected chi connectivity index (χ4v) is 2.48. The summed E-state index contributed by atoms with van der Waals surface area (Å²) in [7, 11) is -3.74. The molecule has 0 saturated carbocycles. The lowest BCUT2D eigenvalue weighted by atomic mass is 10.0. The van der Waals surface area contributed by atoms with Gasteiger partial charge in [-0.1, -0.05) is 13.8 Å². The smallest absolute Gasteiger partial charge is 0.211 e. The summed E-state index contributed by atoms with van der Waals surface area (Å²) in [5.41, 5.74) is -1.14. The average molecular weight is 229 g/mol. The lowest BCUT2D eigenvalue weighted by Gasteiger charge is -2.22. The van der Waals surface area contributed by atoms with Gasteiger partial charge < -0.3 is 0 Å². The van der Waals surface area contributed by atoms with Gasteiger partial charge in [-0.25, -0.2) is 8.42 Å². The topological polar surface area (TPSA) is 93.8 Å². The number of nitriles is 2. The number of hydrogen-bond donors (Lipinski definition) is 1. The first-order valence-corrected chi connectivity index (χ1v) is 6.23. The summed E-state index contributed by atoms with van der Waals surface area (Å²) in [4.78, 5) is 0. The average Bonchev–Trinajstić information content (AvgIpc) is 2.18. The molecule has 0 aliphatic carbocycles. The summed E-state index contributed by atoms with van der Waals surface area (Å²) in [6.07, 6.45) is 0.557. The maximum Gasteiger partial charge on any atom is 0.229 e. The van der Waals surface area contributed by atoms with Gasteiger partial charge in [-0.05, 0) is 19.8 Å². The SMILES string of the molecule is CCC(C#N)S(=O)(=O)NC(C)(C#N)CC. The van der Waals surface area contributed by atoms with Crippen LogP contribution < -0.4 is 4.72 Å². The largest absolute Gasteiger partial charge is 0.229 e. The van der Waals surface area contributed by atoms with Crippen LogP contribution in [-0.4, -0.2) is 19.2 Å². The molecule has 0 aliphatic heterocycles. The van der Waals surface area contributed by atoms with E-state index in [1.807, 2.05) is 6.07 Å². The van der Waals surface area contributed by atoms with E-state index in [0.29, 0.717) is 6.42 Å². The number of sulfonamides is 1. The molecule has 0 bridgehead atoms. The van der Waals surface area contributed by atoms with E-state index in [1.165, 1.54) is 6.92 Å². The zero-order valence-electron chi connectivity index (χ0n) is 9.11. The summed E-state index contributed by atoms with van der Waals surface area (Å²) in [5.74, 6) is 0. The van der Waals surface area contributed by atoms with E-state index in [4.69, 9.17) is 10.5 Å². The van der Waals surface area contributed by atoms with Crippen LogP contribution in [0.1, 0.15) is 33.6 Å². The van der Waals surface area contributed by atoms with Gasteiger partial charge in [-0.15, -0.1) is 0 Å². The van der Waals surface area contributed by atoms with Gasteiger partial charge in [0.05, 0.1) is 12.1 Å². The molecule has 0 amide bonds. The summed E-state index contributed by atoms with van der Waals surface area (Å²) in [5, 5.41) is 16.4. The molecule has 2 unspecified atom stereocenters. The Morgan fingerprint density at radius 3 is 2.20 bits per heavy atom. The molecule has 0 spiro atoms. The first kappa shape index (κ1) is 13.9. The van der Waals surface area contributed by atoms with Gasteiger partial charge in [-0.2, -0.15) is 15.2 Å². The predicted molar refractivity (Wildman–Crippen MR) is 56.1 cm³/mol. The standard InChI is InChI=1S/C9H15N3O2S/c1-4-8(6-10)15(13,14)12-9(3,5-2)7-11/h8,12H,4-5H2,1-3H3. The van der Waals surface area contributed by atoms with E-state index < -0.39 is 20.8 Å². The summed E-state index contributed by atoms with van der Waals surface area (Å²) >= 11 is 0. The van der Waals surface area contributed by atoms with Gasteiger partial charge in [0.25, 0.3) is 0 Å². The van der Waals surface area contributed by atoms with E-state index >= 15 is 0 Å². The Balaban J connectivity index is 4.97. The molecule has 2 atom stereocenters. The lowest BCUT2D eigenvalue weighted by molar-refractivity contribution is 0.491. The Bertz CT molecular complexity index is 391. The number of hydrogen-bond acceptors (Lipinski definition) is 4. The molecule has 0 rings (SSSR count). The van der Waals surface area contributed by atoms with E-state index in [0.717, 1.165) is 0 Å². The van der Waals surface area contributed by atoms with Crippen molar-refractivity contribution >= 4 is 10.0 Å². The quantitative estimate of drug-likeness (QED) is 0.757. The second-order valence-electron chi connectivity index (χ2n) is 3.47. The fraction of sp³-hybridized carbons (Fsp3) is 0.778. The molecule has 6 heteroatoms. The maximum atomic E-state index is 11.6. The van der Waals surface area contributed by atoms with Gasteiger partial charge in [0.15, 0.2) is 5.25 Å². The third kappa shape index (κ3) is 3.50. The van der Waals surface area contributed by atoms with Crippen LogP contribution >= 0.6 is 0 Å². The van der Waals surface area contributed by atoms with Crippen molar-refractivity contribution in [1.82, 2.24) is 4.72 Å². The summed E-state index contributed by atoms with van der Waals surface area (Å²) in [6, 6.07) is 3.59. The van der Waals surface area contributed by atoms with Crippen molar-refractivity contribution in [2.45, 2.75) is 44.4 Å². The van der Waals surface area contributed by atoms with Gasteiger partial charge in [0.2, 0.25) is 10.0 Å². The van der Waals surface area contributed by atoms with Crippen molar-refractivity contribution < 1.29 is 8.42 Å². The highest BCUT2D eigenvalue weighted by atomic mass is 32.2. The molecule has 0 radical (unpaired) electrons. The van der Waals surface area contributed by atoms with Gasteiger partial charge >= 0.3 is 0 Å². The first-order valence-electron chi connectivity index (χ1n) is 4.69. The molecule has 0 saturated heterocycles. The second kappa shape index (κ2) is 5.11. The molecule has 0 fully saturated rings. The number of rotatable bonds is 5. The van der Waals surface area contributed by atoms with Crippen LogP contribution in [0.15, 0.2) is 0 Å². The monoisotopic (exact) mass is 229 g/mol. The van der Waals surface area contributed by atoms with Crippen LogP contribution in [0.25, 0.3) is 0 Å². The zero-order chi connectivity index (χ0) is 12.1. The molecule has 0 aromatic carbocycles. The molecular formula is C9H15N3O2S. The van der Waals surface area contributed by atoms with Gasteiger partial charge in [-0.3, -0.25) is 0 Å². The minimum absolute atomic E-state index is 0.205. The van der Waals surface area contributed by atoms with E-state index in [2.05, 4.69) is 4.72 Å². The molecule has 0 aromatic heterocycles.